The second-order valence-electron chi connectivity index (χ2n) is 4.60. The highest BCUT2D eigenvalue weighted by molar-refractivity contribution is 9.10. The molecule has 1 heterocycles. The van der Waals surface area contributed by atoms with Crippen molar-refractivity contribution in [2.24, 2.45) is 5.92 Å². The molecule has 0 unspecified atom stereocenters. The summed E-state index contributed by atoms with van der Waals surface area (Å²) in [5.74, 6) is 2.08. The Morgan fingerprint density at radius 3 is 2.89 bits per heavy atom. The van der Waals surface area contributed by atoms with Crippen molar-refractivity contribution in [3.8, 4) is 17.0 Å². The van der Waals surface area contributed by atoms with Crippen LogP contribution in [0.5, 0.6) is 5.75 Å². The summed E-state index contributed by atoms with van der Waals surface area (Å²) in [5.41, 5.74) is 7.50. The zero-order valence-corrected chi connectivity index (χ0v) is 11.4. The molecule has 0 spiro atoms. The van der Waals surface area contributed by atoms with Gasteiger partial charge in [0.2, 0.25) is 0 Å². The molecule has 0 atom stereocenters. The van der Waals surface area contributed by atoms with E-state index < -0.39 is 0 Å². The Hall–Kier alpha value is -1.49. The molecular formula is C13H14BrN3O. The van der Waals surface area contributed by atoms with Crippen LogP contribution in [0.15, 0.2) is 28.7 Å². The SMILES string of the molecule is Nc1cc(-c2cc(Br)ccc2OCC2CC2)[nH]n1. The highest BCUT2D eigenvalue weighted by Crippen LogP contribution is 2.35. The zero-order valence-electron chi connectivity index (χ0n) is 9.82. The summed E-state index contributed by atoms with van der Waals surface area (Å²) in [7, 11) is 0. The average Bonchev–Trinajstić information content (AvgIpc) is 3.09. The predicted molar refractivity (Wildman–Crippen MR) is 74.4 cm³/mol. The second-order valence-corrected chi connectivity index (χ2v) is 5.52. The average molecular weight is 308 g/mol. The molecule has 3 rings (SSSR count). The summed E-state index contributed by atoms with van der Waals surface area (Å²) in [5, 5.41) is 6.87. The van der Waals surface area contributed by atoms with E-state index in [-0.39, 0.29) is 0 Å². The summed E-state index contributed by atoms with van der Waals surface area (Å²) < 4.78 is 6.87. The van der Waals surface area contributed by atoms with Crippen LogP contribution in [0.3, 0.4) is 0 Å². The van der Waals surface area contributed by atoms with E-state index in [1.54, 1.807) is 0 Å². The number of H-pyrrole nitrogens is 1. The maximum atomic E-state index is 5.87. The van der Waals surface area contributed by atoms with Gasteiger partial charge in [-0.1, -0.05) is 15.9 Å². The number of halogens is 1. The van der Waals surface area contributed by atoms with Crippen LogP contribution in [-0.2, 0) is 0 Å². The van der Waals surface area contributed by atoms with Gasteiger partial charge in [-0.3, -0.25) is 5.10 Å². The first kappa shape index (κ1) is 11.6. The molecular weight excluding hydrogens is 294 g/mol. The lowest BCUT2D eigenvalue weighted by molar-refractivity contribution is 0.301. The van der Waals surface area contributed by atoms with Crippen LogP contribution in [0.1, 0.15) is 12.8 Å². The molecule has 94 valence electrons. The van der Waals surface area contributed by atoms with Crippen LogP contribution in [0.4, 0.5) is 5.82 Å². The smallest absolute Gasteiger partial charge is 0.145 e. The highest BCUT2D eigenvalue weighted by Gasteiger charge is 2.22. The highest BCUT2D eigenvalue weighted by atomic mass is 79.9. The molecule has 18 heavy (non-hydrogen) atoms. The second kappa shape index (κ2) is 4.65. The first-order chi connectivity index (χ1) is 8.72. The van der Waals surface area contributed by atoms with E-state index in [0.29, 0.717) is 5.82 Å². The number of aromatic nitrogens is 2. The van der Waals surface area contributed by atoms with Crippen LogP contribution in [-0.4, -0.2) is 16.8 Å². The molecule has 5 heteroatoms. The molecule has 0 saturated heterocycles. The van der Waals surface area contributed by atoms with Crippen molar-refractivity contribution < 1.29 is 4.74 Å². The lowest BCUT2D eigenvalue weighted by atomic mass is 10.1. The van der Waals surface area contributed by atoms with Gasteiger partial charge in [-0.2, -0.15) is 5.10 Å². The Balaban J connectivity index is 1.91. The zero-order chi connectivity index (χ0) is 12.5. The van der Waals surface area contributed by atoms with Crippen molar-refractivity contribution in [3.63, 3.8) is 0 Å². The van der Waals surface area contributed by atoms with Crippen molar-refractivity contribution in [3.05, 3.63) is 28.7 Å². The number of hydrogen-bond donors (Lipinski definition) is 2. The van der Waals surface area contributed by atoms with Gasteiger partial charge < -0.3 is 10.5 Å². The molecule has 0 bridgehead atoms. The van der Waals surface area contributed by atoms with Gasteiger partial charge in [0.1, 0.15) is 11.6 Å². The fourth-order valence-corrected chi connectivity index (χ4v) is 2.17. The van der Waals surface area contributed by atoms with Crippen molar-refractivity contribution in [2.75, 3.05) is 12.3 Å². The molecule has 1 fully saturated rings. The standard InChI is InChI=1S/C13H14BrN3O/c14-9-3-4-12(18-7-8-1-2-8)10(5-9)11-6-13(15)17-16-11/h3-6,8H,1-2,7H2,(H3,15,16,17). The van der Waals surface area contributed by atoms with Gasteiger partial charge >= 0.3 is 0 Å². The van der Waals surface area contributed by atoms with Gasteiger partial charge in [0.25, 0.3) is 0 Å². The van der Waals surface area contributed by atoms with E-state index in [4.69, 9.17) is 10.5 Å². The molecule has 2 aromatic rings. The lowest BCUT2D eigenvalue weighted by Crippen LogP contribution is -2.00. The minimum atomic E-state index is 0.484. The number of nitrogens with two attached hydrogens (primary N) is 1. The van der Waals surface area contributed by atoms with Crippen molar-refractivity contribution >= 4 is 21.7 Å². The summed E-state index contributed by atoms with van der Waals surface area (Å²) in [6.45, 7) is 0.790. The maximum absolute atomic E-state index is 5.87. The number of rotatable bonds is 4. The van der Waals surface area contributed by atoms with Gasteiger partial charge in [0.05, 0.1) is 12.3 Å². The van der Waals surface area contributed by atoms with E-state index in [9.17, 15) is 0 Å². The fourth-order valence-electron chi connectivity index (χ4n) is 1.81. The van der Waals surface area contributed by atoms with Gasteiger partial charge in [0.15, 0.2) is 0 Å². The number of anilines is 1. The third-order valence-corrected chi connectivity index (χ3v) is 3.49. The monoisotopic (exact) mass is 307 g/mol. The number of aromatic amines is 1. The summed E-state index contributed by atoms with van der Waals surface area (Å²) in [4.78, 5) is 0. The molecule has 0 radical (unpaired) electrons. The van der Waals surface area contributed by atoms with Crippen molar-refractivity contribution in [1.82, 2.24) is 10.2 Å². The molecule has 1 aromatic carbocycles. The predicted octanol–water partition coefficient (Wildman–Crippen LogP) is 3.21. The topological polar surface area (TPSA) is 63.9 Å². The van der Waals surface area contributed by atoms with Crippen LogP contribution < -0.4 is 10.5 Å². The molecule has 3 N–H and O–H groups in total. The fraction of sp³-hybridized carbons (Fsp3) is 0.308. The third kappa shape index (κ3) is 2.51. The minimum Gasteiger partial charge on any atom is -0.493 e. The minimum absolute atomic E-state index is 0.484. The quantitative estimate of drug-likeness (QED) is 0.911. The normalized spacial score (nSPS) is 14.7. The third-order valence-electron chi connectivity index (χ3n) is 3.00. The maximum Gasteiger partial charge on any atom is 0.145 e. The van der Waals surface area contributed by atoms with Crippen LogP contribution in [0.25, 0.3) is 11.3 Å². The van der Waals surface area contributed by atoms with Gasteiger partial charge in [-0.25, -0.2) is 0 Å². The molecule has 1 saturated carbocycles. The van der Waals surface area contributed by atoms with E-state index in [1.807, 2.05) is 24.3 Å². The summed E-state index contributed by atoms with van der Waals surface area (Å²) >= 11 is 3.47. The lowest BCUT2D eigenvalue weighted by Gasteiger charge is -2.10. The van der Waals surface area contributed by atoms with Crippen LogP contribution in [0, 0.1) is 5.92 Å². The Morgan fingerprint density at radius 2 is 2.22 bits per heavy atom. The van der Waals surface area contributed by atoms with Gasteiger partial charge in [-0.15, -0.1) is 0 Å². The van der Waals surface area contributed by atoms with Crippen molar-refractivity contribution in [1.29, 1.82) is 0 Å². The Labute approximate surface area is 114 Å². The summed E-state index contributed by atoms with van der Waals surface area (Å²) in [6, 6.07) is 7.77. The summed E-state index contributed by atoms with van der Waals surface area (Å²) in [6.07, 6.45) is 2.56. The first-order valence-corrected chi connectivity index (χ1v) is 6.75. The number of benzene rings is 1. The van der Waals surface area contributed by atoms with E-state index in [0.717, 1.165) is 34.0 Å². The Morgan fingerprint density at radius 1 is 1.39 bits per heavy atom. The van der Waals surface area contributed by atoms with E-state index in [1.165, 1.54) is 12.8 Å². The molecule has 1 aromatic heterocycles. The molecule has 1 aliphatic carbocycles. The van der Waals surface area contributed by atoms with Crippen LogP contribution >= 0.6 is 15.9 Å². The number of nitrogens with one attached hydrogen (secondary N) is 1. The van der Waals surface area contributed by atoms with Gasteiger partial charge in [-0.05, 0) is 37.0 Å². The number of nitrogen functional groups attached to an aromatic ring is 1. The Bertz CT molecular complexity index is 563. The van der Waals surface area contributed by atoms with Gasteiger partial charge in [0, 0.05) is 16.1 Å². The number of hydrogen-bond acceptors (Lipinski definition) is 3. The largest absolute Gasteiger partial charge is 0.493 e. The molecule has 0 amide bonds. The van der Waals surface area contributed by atoms with Crippen LogP contribution in [0.2, 0.25) is 0 Å². The Kier molecular flexibility index (Phi) is 2.99. The molecule has 4 nitrogen and oxygen atoms in total. The van der Waals surface area contributed by atoms with Crippen molar-refractivity contribution in [2.45, 2.75) is 12.8 Å². The molecule has 0 aliphatic heterocycles. The van der Waals surface area contributed by atoms with E-state index >= 15 is 0 Å². The first-order valence-electron chi connectivity index (χ1n) is 5.96. The number of nitrogens with zero attached hydrogens (tertiary/aromatic N) is 1. The number of ether oxygens (including phenoxy) is 1. The molecule has 1 aliphatic rings. The van der Waals surface area contributed by atoms with E-state index in [2.05, 4.69) is 26.1 Å².